The van der Waals surface area contributed by atoms with E-state index in [1.54, 1.807) is 6.08 Å². The fourth-order valence-electron chi connectivity index (χ4n) is 1.78. The van der Waals surface area contributed by atoms with Gasteiger partial charge in [0.05, 0.1) is 23.9 Å². The number of rotatable bonds is 3. The molecule has 1 saturated heterocycles. The number of carbonyl (C=O) groups is 2. The molecule has 6 nitrogen and oxygen atoms in total. The Morgan fingerprint density at radius 1 is 1.63 bits per heavy atom. The summed E-state index contributed by atoms with van der Waals surface area (Å²) in [4.78, 5) is 28.5. The molecule has 1 N–H and O–H groups in total. The molecule has 7 heteroatoms. The van der Waals surface area contributed by atoms with E-state index >= 15 is 0 Å². The van der Waals surface area contributed by atoms with Crippen LogP contribution in [0.4, 0.5) is 0 Å². The first-order valence-corrected chi connectivity index (χ1v) is 6.67. The van der Waals surface area contributed by atoms with E-state index < -0.39 is 12.0 Å². The first-order valence-electron chi connectivity index (χ1n) is 5.79. The average Bonchev–Trinajstić information content (AvgIpc) is 2.81. The molecule has 1 aliphatic rings. The summed E-state index contributed by atoms with van der Waals surface area (Å²) in [7, 11) is 0. The Hall–Kier alpha value is -1.73. The van der Waals surface area contributed by atoms with Gasteiger partial charge in [0.1, 0.15) is 0 Å². The van der Waals surface area contributed by atoms with Gasteiger partial charge in [-0.25, -0.2) is 9.78 Å². The second-order valence-corrected chi connectivity index (χ2v) is 5.15. The van der Waals surface area contributed by atoms with Crippen LogP contribution in [0.25, 0.3) is 6.08 Å². The third-order valence-corrected chi connectivity index (χ3v) is 3.52. The lowest BCUT2D eigenvalue weighted by Crippen LogP contribution is -2.52. The molecule has 1 unspecified atom stereocenters. The minimum Gasteiger partial charge on any atom is -0.480 e. The van der Waals surface area contributed by atoms with E-state index in [1.807, 2.05) is 12.3 Å². The summed E-state index contributed by atoms with van der Waals surface area (Å²) in [6.07, 6.45) is 2.95. The maximum atomic E-state index is 12.0. The summed E-state index contributed by atoms with van der Waals surface area (Å²) in [5, 5.41) is 11.8. The molecule has 0 aromatic carbocycles. The Kier molecular flexibility index (Phi) is 4.28. The highest BCUT2D eigenvalue weighted by Crippen LogP contribution is 2.11. The number of hydrogen-bond donors (Lipinski definition) is 1. The van der Waals surface area contributed by atoms with Crippen molar-refractivity contribution < 1.29 is 19.4 Å². The molecule has 0 bridgehead atoms. The first-order chi connectivity index (χ1) is 9.08. The lowest BCUT2D eigenvalue weighted by Gasteiger charge is -2.31. The highest BCUT2D eigenvalue weighted by molar-refractivity contribution is 7.09. The number of nitrogens with zero attached hydrogens (tertiary/aromatic N) is 2. The van der Waals surface area contributed by atoms with E-state index in [1.165, 1.54) is 22.3 Å². The number of morpholine rings is 1. The molecule has 1 aromatic rings. The van der Waals surface area contributed by atoms with Gasteiger partial charge in [-0.2, -0.15) is 0 Å². The quantitative estimate of drug-likeness (QED) is 0.829. The van der Waals surface area contributed by atoms with Crippen LogP contribution in [0.2, 0.25) is 0 Å². The summed E-state index contributed by atoms with van der Waals surface area (Å²) in [6.45, 7) is 2.56. The van der Waals surface area contributed by atoms with Gasteiger partial charge < -0.3 is 14.7 Å². The molecular formula is C12H14N2O4S. The second kappa shape index (κ2) is 5.94. The number of ether oxygens (including phenoxy) is 1. The van der Waals surface area contributed by atoms with Crippen molar-refractivity contribution in [1.82, 2.24) is 9.88 Å². The fraction of sp³-hybridized carbons (Fsp3) is 0.417. The Morgan fingerprint density at radius 2 is 2.42 bits per heavy atom. The van der Waals surface area contributed by atoms with E-state index in [-0.39, 0.29) is 19.1 Å². The number of thiazole rings is 1. The number of aliphatic carboxylic acids is 1. The van der Waals surface area contributed by atoms with Crippen molar-refractivity contribution in [3.63, 3.8) is 0 Å². The number of carboxylic acids is 1. The average molecular weight is 282 g/mol. The van der Waals surface area contributed by atoms with Crippen molar-refractivity contribution in [2.75, 3.05) is 19.8 Å². The molecular weight excluding hydrogens is 268 g/mol. The molecule has 0 saturated carbocycles. The monoisotopic (exact) mass is 282 g/mol. The van der Waals surface area contributed by atoms with E-state index in [2.05, 4.69) is 4.98 Å². The summed E-state index contributed by atoms with van der Waals surface area (Å²) in [6, 6.07) is -0.914. The van der Waals surface area contributed by atoms with Crippen molar-refractivity contribution >= 4 is 29.3 Å². The standard InChI is InChI=1S/C12H14N2O4S/c1-8-13-9(7-19-8)2-3-11(15)14-4-5-18-6-10(14)12(16)17/h2-3,7,10H,4-6H2,1H3,(H,16,17)/b3-2+. The molecule has 1 atom stereocenters. The number of hydrogen-bond acceptors (Lipinski definition) is 5. The highest BCUT2D eigenvalue weighted by Gasteiger charge is 2.31. The molecule has 19 heavy (non-hydrogen) atoms. The number of aryl methyl sites for hydroxylation is 1. The van der Waals surface area contributed by atoms with Gasteiger partial charge in [-0.05, 0) is 13.0 Å². The van der Waals surface area contributed by atoms with E-state index in [9.17, 15) is 9.59 Å². The third-order valence-electron chi connectivity index (χ3n) is 2.73. The minimum absolute atomic E-state index is 0.0325. The molecule has 1 aromatic heterocycles. The first kappa shape index (κ1) is 13.7. The normalized spacial score (nSPS) is 19.8. The number of aromatic nitrogens is 1. The predicted octanol–water partition coefficient (Wildman–Crippen LogP) is 0.777. The lowest BCUT2D eigenvalue weighted by molar-refractivity contribution is -0.156. The zero-order valence-corrected chi connectivity index (χ0v) is 11.2. The van der Waals surface area contributed by atoms with Gasteiger partial charge >= 0.3 is 5.97 Å². The van der Waals surface area contributed by atoms with Crippen LogP contribution in [0, 0.1) is 6.92 Å². The number of carboxylic acid groups (broad SMARTS) is 1. The molecule has 2 rings (SSSR count). The van der Waals surface area contributed by atoms with Crippen molar-refractivity contribution in [2.45, 2.75) is 13.0 Å². The number of carbonyl (C=O) groups excluding carboxylic acids is 1. The Morgan fingerprint density at radius 3 is 3.05 bits per heavy atom. The van der Waals surface area contributed by atoms with E-state index in [0.29, 0.717) is 12.3 Å². The van der Waals surface area contributed by atoms with Gasteiger partial charge in [0.25, 0.3) is 0 Å². The third kappa shape index (κ3) is 3.39. The van der Waals surface area contributed by atoms with E-state index in [4.69, 9.17) is 9.84 Å². The van der Waals surface area contributed by atoms with Crippen molar-refractivity contribution in [2.24, 2.45) is 0 Å². The topological polar surface area (TPSA) is 79.7 Å². The molecule has 0 spiro atoms. The summed E-state index contributed by atoms with van der Waals surface area (Å²) in [5.41, 5.74) is 0.705. The molecule has 102 valence electrons. The van der Waals surface area contributed by atoms with Crippen LogP contribution in [0.5, 0.6) is 0 Å². The summed E-state index contributed by atoms with van der Waals surface area (Å²) >= 11 is 1.50. The van der Waals surface area contributed by atoms with Crippen LogP contribution >= 0.6 is 11.3 Å². The Bertz CT molecular complexity index is 512. The van der Waals surface area contributed by atoms with Crippen LogP contribution in [0.15, 0.2) is 11.5 Å². The van der Waals surface area contributed by atoms with Gasteiger partial charge in [0, 0.05) is 18.0 Å². The highest BCUT2D eigenvalue weighted by atomic mass is 32.1. The van der Waals surface area contributed by atoms with Crippen molar-refractivity contribution in [1.29, 1.82) is 0 Å². The van der Waals surface area contributed by atoms with Crippen LogP contribution in [-0.2, 0) is 14.3 Å². The molecule has 1 aliphatic heterocycles. The summed E-state index contributed by atoms with van der Waals surface area (Å²) < 4.78 is 5.08. The van der Waals surface area contributed by atoms with Crippen LogP contribution in [0.3, 0.4) is 0 Å². The van der Waals surface area contributed by atoms with Crippen molar-refractivity contribution in [3.8, 4) is 0 Å². The van der Waals surface area contributed by atoms with Gasteiger partial charge in [-0.15, -0.1) is 11.3 Å². The molecule has 1 amide bonds. The van der Waals surface area contributed by atoms with Gasteiger partial charge in [-0.3, -0.25) is 4.79 Å². The molecule has 2 heterocycles. The maximum Gasteiger partial charge on any atom is 0.328 e. The largest absolute Gasteiger partial charge is 0.480 e. The van der Waals surface area contributed by atoms with Crippen LogP contribution in [-0.4, -0.2) is 52.7 Å². The Balaban J connectivity index is 2.05. The summed E-state index contributed by atoms with van der Waals surface area (Å²) in [5.74, 6) is -1.38. The minimum atomic E-state index is -1.05. The second-order valence-electron chi connectivity index (χ2n) is 4.09. The van der Waals surface area contributed by atoms with E-state index in [0.717, 1.165) is 5.01 Å². The zero-order valence-electron chi connectivity index (χ0n) is 10.4. The maximum absolute atomic E-state index is 12.0. The van der Waals surface area contributed by atoms with Gasteiger partial charge in [0.2, 0.25) is 5.91 Å². The van der Waals surface area contributed by atoms with Gasteiger partial charge in [-0.1, -0.05) is 0 Å². The lowest BCUT2D eigenvalue weighted by atomic mass is 10.2. The Labute approximate surface area is 114 Å². The molecule has 0 aliphatic carbocycles. The van der Waals surface area contributed by atoms with Crippen LogP contribution < -0.4 is 0 Å². The van der Waals surface area contributed by atoms with Crippen molar-refractivity contribution in [3.05, 3.63) is 22.2 Å². The molecule has 1 fully saturated rings. The number of amides is 1. The molecule has 0 radical (unpaired) electrons. The van der Waals surface area contributed by atoms with Gasteiger partial charge in [0.15, 0.2) is 6.04 Å². The fourth-order valence-corrected chi connectivity index (χ4v) is 2.36. The predicted molar refractivity (Wildman–Crippen MR) is 69.8 cm³/mol. The van der Waals surface area contributed by atoms with Crippen LogP contribution in [0.1, 0.15) is 10.7 Å². The SMILES string of the molecule is Cc1nc(/C=C/C(=O)N2CCOCC2C(=O)O)cs1. The smallest absolute Gasteiger partial charge is 0.328 e. The zero-order chi connectivity index (χ0) is 13.8.